The van der Waals surface area contributed by atoms with Crippen LogP contribution in [0, 0.1) is 5.82 Å². The fourth-order valence-electron chi connectivity index (χ4n) is 1.80. The van der Waals surface area contributed by atoms with Gasteiger partial charge in [0.25, 0.3) is 0 Å². The lowest BCUT2D eigenvalue weighted by Gasteiger charge is -2.10. The maximum atomic E-state index is 13.5. The molecule has 3 heteroatoms. The van der Waals surface area contributed by atoms with Gasteiger partial charge < -0.3 is 10.6 Å². The van der Waals surface area contributed by atoms with Gasteiger partial charge in [-0.25, -0.2) is 4.39 Å². The first-order chi connectivity index (χ1) is 7.27. The third-order valence-electron chi connectivity index (χ3n) is 2.53. The Hall–Kier alpha value is -1.77. The molecule has 2 aromatic carbocycles. The second-order valence-electron chi connectivity index (χ2n) is 3.32. The highest BCUT2D eigenvalue weighted by atomic mass is 19.1. The summed E-state index contributed by atoms with van der Waals surface area (Å²) in [5.41, 5.74) is 1.55. The molecule has 2 nitrogen and oxygen atoms in total. The molecule has 0 fully saturated rings. The van der Waals surface area contributed by atoms with E-state index >= 15 is 0 Å². The monoisotopic (exact) mass is 204 g/mol. The van der Waals surface area contributed by atoms with E-state index in [0.717, 1.165) is 16.5 Å². The average molecular weight is 204 g/mol. The summed E-state index contributed by atoms with van der Waals surface area (Å²) in [5, 5.41) is 7.89. The SMILES string of the molecule is CNc1cccc2c(NC)c(F)ccc12. The highest BCUT2D eigenvalue weighted by Crippen LogP contribution is 2.30. The minimum Gasteiger partial charge on any atom is -0.388 e. The molecule has 2 aromatic rings. The van der Waals surface area contributed by atoms with E-state index in [9.17, 15) is 4.39 Å². The number of rotatable bonds is 2. The minimum atomic E-state index is -0.224. The molecular formula is C12H13FN2. The molecule has 0 radical (unpaired) electrons. The van der Waals surface area contributed by atoms with Gasteiger partial charge in [0.15, 0.2) is 0 Å². The summed E-state index contributed by atoms with van der Waals surface area (Å²) in [6, 6.07) is 9.06. The van der Waals surface area contributed by atoms with Gasteiger partial charge in [-0.05, 0) is 18.2 Å². The lowest BCUT2D eigenvalue weighted by molar-refractivity contribution is 0.633. The van der Waals surface area contributed by atoms with E-state index in [1.165, 1.54) is 6.07 Å². The average Bonchev–Trinajstić information content (AvgIpc) is 2.28. The molecule has 0 spiro atoms. The van der Waals surface area contributed by atoms with Crippen LogP contribution in [0.2, 0.25) is 0 Å². The lowest BCUT2D eigenvalue weighted by atomic mass is 10.1. The smallest absolute Gasteiger partial charge is 0.146 e. The fraction of sp³-hybridized carbons (Fsp3) is 0.167. The number of benzene rings is 2. The molecule has 0 aliphatic heterocycles. The maximum Gasteiger partial charge on any atom is 0.146 e. The molecular weight excluding hydrogens is 191 g/mol. The van der Waals surface area contributed by atoms with E-state index in [4.69, 9.17) is 0 Å². The van der Waals surface area contributed by atoms with Crippen LogP contribution >= 0.6 is 0 Å². The number of halogens is 1. The molecule has 78 valence electrons. The van der Waals surface area contributed by atoms with E-state index in [1.54, 1.807) is 13.1 Å². The molecule has 0 heterocycles. The zero-order valence-corrected chi connectivity index (χ0v) is 8.76. The Morgan fingerprint density at radius 2 is 1.73 bits per heavy atom. The summed E-state index contributed by atoms with van der Waals surface area (Å²) in [6.07, 6.45) is 0. The van der Waals surface area contributed by atoms with Gasteiger partial charge >= 0.3 is 0 Å². The van der Waals surface area contributed by atoms with Gasteiger partial charge in [-0.3, -0.25) is 0 Å². The zero-order chi connectivity index (χ0) is 10.8. The Morgan fingerprint density at radius 3 is 2.40 bits per heavy atom. The van der Waals surface area contributed by atoms with Crippen LogP contribution in [0.3, 0.4) is 0 Å². The van der Waals surface area contributed by atoms with Crippen LogP contribution < -0.4 is 10.6 Å². The van der Waals surface area contributed by atoms with Gasteiger partial charge in [-0.1, -0.05) is 12.1 Å². The number of hydrogen-bond acceptors (Lipinski definition) is 2. The van der Waals surface area contributed by atoms with Crippen LogP contribution in [0.4, 0.5) is 15.8 Å². The van der Waals surface area contributed by atoms with Crippen LogP contribution in [-0.4, -0.2) is 14.1 Å². The molecule has 0 aliphatic carbocycles. The predicted molar refractivity (Wildman–Crippen MR) is 63.0 cm³/mol. The molecule has 0 amide bonds. The van der Waals surface area contributed by atoms with Crippen molar-refractivity contribution < 1.29 is 4.39 Å². The molecule has 0 aliphatic rings. The topological polar surface area (TPSA) is 24.1 Å². The van der Waals surface area contributed by atoms with Crippen molar-refractivity contribution in [2.75, 3.05) is 24.7 Å². The Kier molecular flexibility index (Phi) is 2.46. The molecule has 2 rings (SSSR count). The van der Waals surface area contributed by atoms with Crippen LogP contribution in [0.1, 0.15) is 0 Å². The molecule has 15 heavy (non-hydrogen) atoms. The highest BCUT2D eigenvalue weighted by Gasteiger charge is 2.07. The van der Waals surface area contributed by atoms with Crippen molar-refractivity contribution in [3.8, 4) is 0 Å². The molecule has 0 aromatic heterocycles. The van der Waals surface area contributed by atoms with Gasteiger partial charge in [-0.15, -0.1) is 0 Å². The second kappa shape index (κ2) is 3.77. The Morgan fingerprint density at radius 1 is 0.933 bits per heavy atom. The van der Waals surface area contributed by atoms with E-state index < -0.39 is 0 Å². The lowest BCUT2D eigenvalue weighted by Crippen LogP contribution is -1.96. The third-order valence-corrected chi connectivity index (χ3v) is 2.53. The van der Waals surface area contributed by atoms with Crippen molar-refractivity contribution in [1.29, 1.82) is 0 Å². The standard InChI is InChI=1S/C12H13FN2/c1-14-11-5-3-4-9-8(11)6-7-10(13)12(9)15-2/h3-7,14-15H,1-2H3. The van der Waals surface area contributed by atoms with Gasteiger partial charge in [0.05, 0.1) is 5.69 Å². The van der Waals surface area contributed by atoms with E-state index in [-0.39, 0.29) is 5.82 Å². The summed E-state index contributed by atoms with van der Waals surface area (Å²) in [5.74, 6) is -0.224. The van der Waals surface area contributed by atoms with Gasteiger partial charge in [0, 0.05) is 30.6 Å². The summed E-state index contributed by atoms with van der Waals surface area (Å²) < 4.78 is 13.5. The quantitative estimate of drug-likeness (QED) is 0.785. The third kappa shape index (κ3) is 1.50. The van der Waals surface area contributed by atoms with Crippen molar-refractivity contribution in [1.82, 2.24) is 0 Å². The maximum absolute atomic E-state index is 13.5. The van der Waals surface area contributed by atoms with Crippen LogP contribution in [0.15, 0.2) is 30.3 Å². The van der Waals surface area contributed by atoms with E-state index in [1.807, 2.05) is 25.2 Å². The summed E-state index contributed by atoms with van der Waals surface area (Å²) in [4.78, 5) is 0. The first kappa shape index (κ1) is 9.77. The highest BCUT2D eigenvalue weighted by molar-refractivity contribution is 6.01. The van der Waals surface area contributed by atoms with Crippen molar-refractivity contribution in [3.05, 3.63) is 36.1 Å². The minimum absolute atomic E-state index is 0.224. The Balaban J connectivity index is 2.82. The zero-order valence-electron chi connectivity index (χ0n) is 8.76. The summed E-state index contributed by atoms with van der Waals surface area (Å²) in [6.45, 7) is 0. The Bertz CT molecular complexity index is 494. The summed E-state index contributed by atoms with van der Waals surface area (Å²) in [7, 11) is 3.58. The molecule has 0 saturated heterocycles. The largest absolute Gasteiger partial charge is 0.388 e. The van der Waals surface area contributed by atoms with Gasteiger partial charge in [-0.2, -0.15) is 0 Å². The summed E-state index contributed by atoms with van der Waals surface area (Å²) >= 11 is 0. The van der Waals surface area contributed by atoms with Crippen molar-refractivity contribution in [2.24, 2.45) is 0 Å². The second-order valence-corrected chi connectivity index (χ2v) is 3.32. The van der Waals surface area contributed by atoms with Crippen molar-refractivity contribution in [2.45, 2.75) is 0 Å². The van der Waals surface area contributed by atoms with Crippen molar-refractivity contribution in [3.63, 3.8) is 0 Å². The van der Waals surface area contributed by atoms with Gasteiger partial charge in [0.2, 0.25) is 0 Å². The number of anilines is 2. The van der Waals surface area contributed by atoms with Crippen LogP contribution in [-0.2, 0) is 0 Å². The molecule has 2 N–H and O–H groups in total. The molecule has 0 atom stereocenters. The van der Waals surface area contributed by atoms with Crippen LogP contribution in [0.25, 0.3) is 10.8 Å². The fourth-order valence-corrected chi connectivity index (χ4v) is 1.80. The van der Waals surface area contributed by atoms with E-state index in [0.29, 0.717) is 5.69 Å². The first-order valence-corrected chi connectivity index (χ1v) is 4.84. The Labute approximate surface area is 88.1 Å². The van der Waals surface area contributed by atoms with Crippen molar-refractivity contribution >= 4 is 22.1 Å². The first-order valence-electron chi connectivity index (χ1n) is 4.84. The van der Waals surface area contributed by atoms with Crippen LogP contribution in [0.5, 0.6) is 0 Å². The molecule has 0 saturated carbocycles. The number of hydrogen-bond donors (Lipinski definition) is 2. The normalized spacial score (nSPS) is 10.3. The molecule has 0 bridgehead atoms. The molecule has 0 unspecified atom stereocenters. The van der Waals surface area contributed by atoms with Gasteiger partial charge in [0.1, 0.15) is 5.82 Å². The van der Waals surface area contributed by atoms with E-state index in [2.05, 4.69) is 10.6 Å². The predicted octanol–water partition coefficient (Wildman–Crippen LogP) is 3.06. The number of nitrogens with one attached hydrogen (secondary N) is 2. The number of fused-ring (bicyclic) bond motifs is 1.